The van der Waals surface area contributed by atoms with Crippen LogP contribution in [-0.2, 0) is 0 Å². The highest BCUT2D eigenvalue weighted by Gasteiger charge is 2.27. The molecule has 510 valence electrons. The van der Waals surface area contributed by atoms with Crippen LogP contribution in [0.25, 0.3) is 64.3 Å². The number of nitrogens with two attached hydrogens (primary N) is 9. The molecule has 0 saturated carbocycles. The Morgan fingerprint density at radius 2 is 0.637 bits per heavy atom. The minimum absolute atomic E-state index is 0.0190. The lowest BCUT2D eigenvalue weighted by Crippen LogP contribution is -2.28. The van der Waals surface area contributed by atoms with Crippen molar-refractivity contribution in [3.05, 3.63) is 242 Å². The Balaban J connectivity index is 0.000000165. The van der Waals surface area contributed by atoms with E-state index in [4.69, 9.17) is 106 Å². The molecule has 3 atom stereocenters. The quantitative estimate of drug-likeness (QED) is 0.0428. The van der Waals surface area contributed by atoms with Gasteiger partial charge in [0.05, 0.1) is 103 Å². The first-order valence-electron chi connectivity index (χ1n) is 29.7. The third-order valence-electron chi connectivity index (χ3n) is 15.1. The summed E-state index contributed by atoms with van der Waals surface area (Å²) in [6.45, 7) is 27.4. The largest absolute Gasteiger partial charge is 0.392 e. The molecule has 33 nitrogen and oxygen atoms in total. The van der Waals surface area contributed by atoms with Gasteiger partial charge in [0.1, 0.15) is 52.4 Å². The summed E-state index contributed by atoms with van der Waals surface area (Å²) in [4.78, 5) is 124. The summed E-state index contributed by atoms with van der Waals surface area (Å²) in [5.74, 6) is -1.52. The zero-order valence-corrected chi connectivity index (χ0v) is 55.6. The number of benzene rings is 6. The van der Waals surface area contributed by atoms with E-state index < -0.39 is 52.5 Å². The second-order valence-corrected chi connectivity index (χ2v) is 23.1. The number of fused-ring (bicyclic) bond motifs is 3. The Morgan fingerprint density at radius 1 is 0.392 bits per heavy atom. The van der Waals surface area contributed by atoms with Crippen molar-refractivity contribution in [2.45, 2.75) is 38.9 Å². The van der Waals surface area contributed by atoms with Gasteiger partial charge in [0.2, 0.25) is 35.6 Å². The van der Waals surface area contributed by atoms with Crippen LogP contribution >= 0.6 is 34.8 Å². The monoisotopic (exact) mass is 1430 g/mol. The number of aromatic nitrogens is 12. The molecule has 6 heterocycles. The number of hydrogen-bond acceptors (Lipinski definition) is 24. The zero-order valence-electron chi connectivity index (χ0n) is 53.3. The van der Waals surface area contributed by atoms with E-state index in [0.29, 0.717) is 33.6 Å². The molecule has 0 aliphatic carbocycles. The van der Waals surface area contributed by atoms with Gasteiger partial charge in [0.15, 0.2) is 0 Å². The van der Waals surface area contributed by atoms with E-state index in [-0.39, 0.29) is 135 Å². The van der Waals surface area contributed by atoms with Crippen LogP contribution in [0.4, 0.5) is 69.8 Å². The molecule has 12 aromatic rings. The molecule has 0 aliphatic heterocycles. The third-order valence-corrected chi connectivity index (χ3v) is 16.1. The van der Waals surface area contributed by atoms with Crippen LogP contribution in [0, 0.1) is 19.7 Å². The van der Waals surface area contributed by atoms with Gasteiger partial charge in [-0.05, 0) is 112 Å². The van der Waals surface area contributed by atoms with Crippen LogP contribution in [0.1, 0.15) is 87.4 Å². The smallest absolute Gasteiger partial charge is 0.268 e. The van der Waals surface area contributed by atoms with Gasteiger partial charge in [-0.1, -0.05) is 71.2 Å². The van der Waals surface area contributed by atoms with Gasteiger partial charge in [0, 0.05) is 16.7 Å². The van der Waals surface area contributed by atoms with E-state index >= 15 is 0 Å². The van der Waals surface area contributed by atoms with E-state index in [1.54, 1.807) is 112 Å². The fraction of sp³-hybridized carbons (Fsp3) is 0.0909. The normalized spacial score (nSPS) is 11.7. The van der Waals surface area contributed by atoms with Gasteiger partial charge in [-0.15, -0.1) is 0 Å². The number of halogens is 3. The van der Waals surface area contributed by atoms with Gasteiger partial charge >= 0.3 is 0 Å². The number of nitrogens with zero attached hydrogens (tertiary/aromatic N) is 15. The minimum atomic E-state index is -0.678. The molecule has 21 N–H and O–H groups in total. The first-order chi connectivity index (χ1) is 48.6. The molecule has 6 aromatic heterocycles. The number of primary amides is 3. The summed E-state index contributed by atoms with van der Waals surface area (Å²) in [6, 6.07) is 31.5. The van der Waals surface area contributed by atoms with Gasteiger partial charge in [0.25, 0.3) is 33.7 Å². The summed E-state index contributed by atoms with van der Waals surface area (Å²) < 4.78 is 3.97. The van der Waals surface area contributed by atoms with Crippen molar-refractivity contribution >= 4 is 155 Å². The van der Waals surface area contributed by atoms with Crippen molar-refractivity contribution < 1.29 is 14.4 Å². The van der Waals surface area contributed by atoms with Gasteiger partial charge < -0.3 is 67.6 Å². The van der Waals surface area contributed by atoms with Gasteiger partial charge in [-0.25, -0.2) is 59.4 Å². The molecule has 36 heteroatoms. The highest BCUT2D eigenvalue weighted by atomic mass is 35.5. The molecule has 6 aromatic carbocycles. The summed E-state index contributed by atoms with van der Waals surface area (Å²) in [6.07, 6.45) is 0. The number of hydrogen-bond donors (Lipinski definition) is 12. The maximum atomic E-state index is 13.6. The third kappa shape index (κ3) is 14.3. The summed E-state index contributed by atoms with van der Waals surface area (Å²) in [7, 11) is 0. The standard InChI is InChI=1S/3C22H18ClN9O2/c3*1-10(28-19-16(27-2)17(24)30-22(26)31-19)20-29-14-8-4-7-13(23)15(14)21(34)32(20)12-6-3-5-11(9-12)18(25)33/h3*3-10H,1H3,(H2,25,33)(H5,24,26,28,30,31)/t2*10-;/m10./s1. The molecule has 0 radical (unpaired) electrons. The lowest BCUT2D eigenvalue weighted by molar-refractivity contribution is 0.0992. The number of rotatable bonds is 15. The minimum Gasteiger partial charge on any atom is -0.392 e. The molecule has 0 bridgehead atoms. The van der Waals surface area contributed by atoms with E-state index in [9.17, 15) is 28.8 Å². The summed E-state index contributed by atoms with van der Waals surface area (Å²) in [5.41, 5.74) is 52.2. The Kier molecular flexibility index (Phi) is 20.3. The first-order valence-corrected chi connectivity index (χ1v) is 30.8. The highest BCUT2D eigenvalue weighted by molar-refractivity contribution is 6.36. The van der Waals surface area contributed by atoms with Crippen molar-refractivity contribution in [2.24, 2.45) is 17.2 Å². The predicted octanol–water partition coefficient (Wildman–Crippen LogP) is 8.45. The lowest BCUT2D eigenvalue weighted by atomic mass is 10.1. The van der Waals surface area contributed by atoms with Gasteiger partial charge in [-0.3, -0.25) is 42.5 Å². The Hall–Kier alpha value is -14.1. The van der Waals surface area contributed by atoms with Crippen molar-refractivity contribution in [3.8, 4) is 17.1 Å². The van der Waals surface area contributed by atoms with Crippen LogP contribution in [0.15, 0.2) is 142 Å². The number of nitrogens with one attached hydrogen (secondary N) is 3. The zero-order chi connectivity index (χ0) is 73.7. The molecule has 1 unspecified atom stereocenters. The Labute approximate surface area is 590 Å². The van der Waals surface area contributed by atoms with Crippen LogP contribution < -0.4 is 84.2 Å². The molecule has 12 rings (SSSR count). The fourth-order valence-corrected chi connectivity index (χ4v) is 11.3. The molecule has 0 aliphatic rings. The number of carbonyl (C=O) groups is 3. The molecule has 102 heavy (non-hydrogen) atoms. The second kappa shape index (κ2) is 29.3. The van der Waals surface area contributed by atoms with Crippen molar-refractivity contribution in [3.63, 3.8) is 0 Å². The summed E-state index contributed by atoms with van der Waals surface area (Å²) >= 11 is 19.0. The highest BCUT2D eigenvalue weighted by Crippen LogP contribution is 2.36. The maximum Gasteiger partial charge on any atom is 0.268 e. The average molecular weight is 1430 g/mol. The Morgan fingerprint density at radius 3 is 0.873 bits per heavy atom. The maximum absolute atomic E-state index is 13.6. The number of carbonyl (C=O) groups excluding carboxylic acids is 3. The van der Waals surface area contributed by atoms with E-state index in [2.05, 4.69) is 75.3 Å². The van der Waals surface area contributed by atoms with E-state index in [1.165, 1.54) is 50.1 Å². The first kappa shape index (κ1) is 70.7. The number of amides is 3. The van der Waals surface area contributed by atoms with Gasteiger partial charge in [-0.2, -0.15) is 0 Å². The molecule has 0 spiro atoms. The van der Waals surface area contributed by atoms with E-state index in [1.807, 2.05) is 0 Å². The van der Waals surface area contributed by atoms with Crippen molar-refractivity contribution in [1.82, 2.24) is 58.6 Å². The Bertz CT molecular complexity index is 5230. The van der Waals surface area contributed by atoms with Crippen LogP contribution in [0.5, 0.6) is 0 Å². The molecule has 3 amide bonds. The molecular weight excluding hydrogens is 1370 g/mol. The average Bonchev–Trinajstić information content (AvgIpc) is 0.767. The van der Waals surface area contributed by atoms with Crippen molar-refractivity contribution in [2.75, 3.05) is 50.4 Å². The topological polar surface area (TPSA) is 517 Å². The molecular formula is C66H54Cl3N27O6. The second-order valence-electron chi connectivity index (χ2n) is 21.9. The van der Waals surface area contributed by atoms with Crippen LogP contribution in [0.3, 0.4) is 0 Å². The van der Waals surface area contributed by atoms with Crippen LogP contribution in [-0.4, -0.2) is 76.3 Å². The molecule has 0 saturated heterocycles. The summed E-state index contributed by atoms with van der Waals surface area (Å²) in [5, 5.41) is 10.4. The van der Waals surface area contributed by atoms with Crippen LogP contribution in [0.2, 0.25) is 15.1 Å². The number of nitrogen functional groups attached to an aromatic ring is 6. The fourth-order valence-electron chi connectivity index (χ4n) is 10.5. The van der Waals surface area contributed by atoms with E-state index in [0.717, 1.165) is 0 Å². The predicted molar refractivity (Wildman–Crippen MR) is 390 cm³/mol. The van der Waals surface area contributed by atoms with Crippen molar-refractivity contribution in [1.29, 1.82) is 0 Å². The lowest BCUT2D eigenvalue weighted by Gasteiger charge is -2.21. The number of anilines is 9. The molecule has 0 fully saturated rings. The SMILES string of the molecule is [C-]#[N+]c1c(N)nc(N)nc1NC(C)c1nc2cccc(Cl)c2c(=O)n1-c1cccc(C(N)=O)c1.[C-]#[N+]c1c(N)nc(N)nc1N[C@@H](C)c1nc2cccc(Cl)c2c(=O)n1-c1cccc(C(N)=O)c1.[C-]#[N+]c1c(N)nc(N)nc1N[C@H](C)c1nc2cccc(Cl)c2c(=O)n1-c1cccc(C(N)=O)c1.